The van der Waals surface area contributed by atoms with Gasteiger partial charge in [0.15, 0.2) is 0 Å². The van der Waals surface area contributed by atoms with Crippen molar-refractivity contribution in [1.29, 1.82) is 0 Å². The Morgan fingerprint density at radius 2 is 2.47 bits per heavy atom. The molecule has 17 heavy (non-hydrogen) atoms. The Morgan fingerprint density at radius 1 is 1.59 bits per heavy atom. The lowest BCUT2D eigenvalue weighted by Gasteiger charge is -2.27. The van der Waals surface area contributed by atoms with E-state index in [9.17, 15) is 0 Å². The first-order chi connectivity index (χ1) is 8.24. The van der Waals surface area contributed by atoms with Crippen LogP contribution in [0.15, 0.2) is 18.3 Å². The van der Waals surface area contributed by atoms with E-state index in [1.54, 1.807) is 6.20 Å². The van der Waals surface area contributed by atoms with E-state index in [1.165, 1.54) is 18.4 Å². The summed E-state index contributed by atoms with van der Waals surface area (Å²) in [7, 11) is 2.14. The quantitative estimate of drug-likeness (QED) is 0.859. The second-order valence-electron chi connectivity index (χ2n) is 4.87. The highest BCUT2D eigenvalue weighted by molar-refractivity contribution is 5.31. The summed E-state index contributed by atoms with van der Waals surface area (Å²) in [5, 5.41) is 0. The van der Waals surface area contributed by atoms with Crippen LogP contribution in [-0.2, 0) is 11.3 Å². The molecule has 4 heteroatoms. The van der Waals surface area contributed by atoms with Crippen LogP contribution in [0.1, 0.15) is 18.4 Å². The average Bonchev–Trinajstić information content (AvgIpc) is 2.30. The van der Waals surface area contributed by atoms with Crippen molar-refractivity contribution in [3.8, 4) is 0 Å². The zero-order valence-electron chi connectivity index (χ0n) is 10.4. The van der Waals surface area contributed by atoms with Gasteiger partial charge in [0, 0.05) is 25.9 Å². The summed E-state index contributed by atoms with van der Waals surface area (Å²) in [6.07, 6.45) is 4.24. The number of nitrogen functional groups attached to an aromatic ring is 1. The Labute approximate surface area is 103 Å². The summed E-state index contributed by atoms with van der Waals surface area (Å²) >= 11 is 0. The van der Waals surface area contributed by atoms with Gasteiger partial charge < -0.3 is 15.4 Å². The highest BCUT2D eigenvalue weighted by Gasteiger charge is 2.15. The molecule has 1 aromatic rings. The normalized spacial score (nSPS) is 20.7. The maximum absolute atomic E-state index is 5.67. The van der Waals surface area contributed by atoms with Gasteiger partial charge in [-0.2, -0.15) is 0 Å². The van der Waals surface area contributed by atoms with Crippen LogP contribution in [0.3, 0.4) is 0 Å². The second kappa shape index (κ2) is 5.98. The third-order valence-electron chi connectivity index (χ3n) is 3.12. The highest BCUT2D eigenvalue weighted by atomic mass is 16.5. The molecule has 0 aliphatic carbocycles. The van der Waals surface area contributed by atoms with E-state index in [0.717, 1.165) is 26.3 Å². The lowest BCUT2D eigenvalue weighted by molar-refractivity contribution is 0.0411. The Bertz CT molecular complexity index is 350. The van der Waals surface area contributed by atoms with E-state index >= 15 is 0 Å². The van der Waals surface area contributed by atoms with Crippen LogP contribution in [0.5, 0.6) is 0 Å². The lowest BCUT2D eigenvalue weighted by Crippen LogP contribution is -2.30. The first kappa shape index (κ1) is 12.3. The minimum atomic E-state index is 0.594. The molecule has 2 rings (SSSR count). The van der Waals surface area contributed by atoms with Crippen LogP contribution in [0.2, 0.25) is 0 Å². The van der Waals surface area contributed by atoms with E-state index in [-0.39, 0.29) is 0 Å². The van der Waals surface area contributed by atoms with Crippen LogP contribution in [-0.4, -0.2) is 36.7 Å². The number of hydrogen-bond acceptors (Lipinski definition) is 4. The predicted octanol–water partition coefficient (Wildman–Crippen LogP) is 1.52. The third-order valence-corrected chi connectivity index (χ3v) is 3.12. The van der Waals surface area contributed by atoms with Gasteiger partial charge >= 0.3 is 0 Å². The largest absolute Gasteiger partial charge is 0.384 e. The number of aromatic nitrogens is 1. The zero-order chi connectivity index (χ0) is 12.1. The molecule has 0 aromatic carbocycles. The summed E-state index contributed by atoms with van der Waals surface area (Å²) in [5.41, 5.74) is 6.89. The summed E-state index contributed by atoms with van der Waals surface area (Å²) < 4.78 is 5.50. The number of pyridine rings is 1. The van der Waals surface area contributed by atoms with E-state index in [2.05, 4.69) is 16.9 Å². The molecule has 94 valence electrons. The molecular weight excluding hydrogens is 214 g/mol. The monoisotopic (exact) mass is 235 g/mol. The van der Waals surface area contributed by atoms with Crippen LogP contribution in [0.4, 0.5) is 5.82 Å². The Balaban J connectivity index is 1.82. The predicted molar refractivity (Wildman–Crippen MR) is 68.5 cm³/mol. The maximum atomic E-state index is 5.67. The molecule has 2 N–H and O–H groups in total. The summed E-state index contributed by atoms with van der Waals surface area (Å²) in [6, 6.07) is 3.96. The van der Waals surface area contributed by atoms with Crippen LogP contribution in [0, 0.1) is 5.92 Å². The Morgan fingerprint density at radius 3 is 3.18 bits per heavy atom. The number of nitrogens with zero attached hydrogens (tertiary/aromatic N) is 2. The van der Waals surface area contributed by atoms with Gasteiger partial charge in [-0.15, -0.1) is 0 Å². The van der Waals surface area contributed by atoms with Crippen LogP contribution < -0.4 is 5.73 Å². The first-order valence-corrected chi connectivity index (χ1v) is 6.21. The van der Waals surface area contributed by atoms with E-state index in [1.807, 2.05) is 12.1 Å². The molecular formula is C13H21N3O. The number of rotatable bonds is 4. The van der Waals surface area contributed by atoms with Crippen molar-refractivity contribution in [3.05, 3.63) is 23.9 Å². The van der Waals surface area contributed by atoms with Gasteiger partial charge in [0.25, 0.3) is 0 Å². The summed E-state index contributed by atoms with van der Waals surface area (Å²) in [5.74, 6) is 1.27. The summed E-state index contributed by atoms with van der Waals surface area (Å²) in [6.45, 7) is 3.84. The fraction of sp³-hybridized carbons (Fsp3) is 0.615. The average molecular weight is 235 g/mol. The van der Waals surface area contributed by atoms with Crippen LogP contribution >= 0.6 is 0 Å². The Hall–Kier alpha value is -1.13. The zero-order valence-corrected chi connectivity index (χ0v) is 10.4. The number of anilines is 1. The molecule has 1 saturated heterocycles. The van der Waals surface area contributed by atoms with E-state index < -0.39 is 0 Å². The molecule has 1 atom stereocenters. The molecule has 2 heterocycles. The molecule has 1 fully saturated rings. The first-order valence-electron chi connectivity index (χ1n) is 6.21. The molecule has 1 unspecified atom stereocenters. The van der Waals surface area contributed by atoms with Crippen molar-refractivity contribution < 1.29 is 4.74 Å². The van der Waals surface area contributed by atoms with Gasteiger partial charge in [-0.25, -0.2) is 4.98 Å². The number of nitrogens with two attached hydrogens (primary N) is 1. The summed E-state index contributed by atoms with van der Waals surface area (Å²) in [4.78, 5) is 6.33. The number of ether oxygens (including phenoxy) is 1. The molecule has 0 amide bonds. The molecule has 1 aromatic heterocycles. The van der Waals surface area contributed by atoms with E-state index in [4.69, 9.17) is 10.5 Å². The lowest BCUT2D eigenvalue weighted by atomic mass is 10.0. The minimum absolute atomic E-state index is 0.594. The highest BCUT2D eigenvalue weighted by Crippen LogP contribution is 2.15. The number of hydrogen-bond donors (Lipinski definition) is 1. The van der Waals surface area contributed by atoms with Crippen molar-refractivity contribution in [2.24, 2.45) is 5.92 Å². The fourth-order valence-corrected chi connectivity index (χ4v) is 2.36. The van der Waals surface area contributed by atoms with Gasteiger partial charge in [-0.05, 0) is 43.5 Å². The van der Waals surface area contributed by atoms with E-state index in [0.29, 0.717) is 11.7 Å². The molecule has 0 radical (unpaired) electrons. The SMILES string of the molecule is CN(Cc1ccnc(N)c1)CC1CCCOC1. The van der Waals surface area contributed by atoms with Crippen LogP contribution in [0.25, 0.3) is 0 Å². The Kier molecular flexibility index (Phi) is 4.34. The van der Waals surface area contributed by atoms with Gasteiger partial charge in [0.2, 0.25) is 0 Å². The van der Waals surface area contributed by atoms with Gasteiger partial charge in [-0.3, -0.25) is 0 Å². The van der Waals surface area contributed by atoms with Gasteiger partial charge in [0.1, 0.15) is 5.82 Å². The van der Waals surface area contributed by atoms with Crippen molar-refractivity contribution in [2.75, 3.05) is 32.5 Å². The van der Waals surface area contributed by atoms with Gasteiger partial charge in [0.05, 0.1) is 6.61 Å². The van der Waals surface area contributed by atoms with Crippen molar-refractivity contribution >= 4 is 5.82 Å². The van der Waals surface area contributed by atoms with Crippen molar-refractivity contribution in [1.82, 2.24) is 9.88 Å². The molecule has 1 aliphatic rings. The smallest absolute Gasteiger partial charge is 0.123 e. The molecule has 0 bridgehead atoms. The second-order valence-corrected chi connectivity index (χ2v) is 4.87. The topological polar surface area (TPSA) is 51.4 Å². The standard InChI is InChI=1S/C13H21N3O/c1-16(9-12-3-2-6-17-10-12)8-11-4-5-15-13(14)7-11/h4-5,7,12H,2-3,6,8-10H2,1H3,(H2,14,15). The molecule has 1 aliphatic heterocycles. The van der Waals surface area contributed by atoms with Crippen molar-refractivity contribution in [3.63, 3.8) is 0 Å². The minimum Gasteiger partial charge on any atom is -0.384 e. The molecule has 4 nitrogen and oxygen atoms in total. The fourth-order valence-electron chi connectivity index (χ4n) is 2.36. The maximum Gasteiger partial charge on any atom is 0.123 e. The molecule has 0 spiro atoms. The van der Waals surface area contributed by atoms with Gasteiger partial charge in [-0.1, -0.05) is 0 Å². The third kappa shape index (κ3) is 3.98. The van der Waals surface area contributed by atoms with Crippen molar-refractivity contribution in [2.45, 2.75) is 19.4 Å². The molecule has 0 saturated carbocycles.